The quantitative estimate of drug-likeness (QED) is 0.441. The molecular weight excluding hydrogens is 488 g/mol. The van der Waals surface area contributed by atoms with E-state index in [-0.39, 0.29) is 36.4 Å². The van der Waals surface area contributed by atoms with E-state index in [2.05, 4.69) is 24.3 Å². The van der Waals surface area contributed by atoms with E-state index >= 15 is 0 Å². The first kappa shape index (κ1) is 26.8. The third kappa shape index (κ3) is 4.36. The van der Waals surface area contributed by atoms with Gasteiger partial charge in [-0.15, -0.1) is 11.8 Å². The number of aliphatic hydroxyl groups excluding tert-OH is 1. The molecule has 0 aromatic carbocycles. The van der Waals surface area contributed by atoms with Gasteiger partial charge in [0.05, 0.1) is 35.8 Å². The van der Waals surface area contributed by atoms with Crippen molar-refractivity contribution in [2.45, 2.75) is 99.8 Å². The van der Waals surface area contributed by atoms with E-state index in [1.807, 2.05) is 25.7 Å². The van der Waals surface area contributed by atoms with Crippen LogP contribution in [-0.2, 0) is 19.1 Å². The van der Waals surface area contributed by atoms with Crippen molar-refractivity contribution in [1.29, 1.82) is 0 Å². The molecule has 0 bridgehead atoms. The highest BCUT2D eigenvalue weighted by Gasteiger charge is 2.74. The number of allylic oxidation sites excluding steroid dienone is 1. The number of esters is 1. The first-order valence-corrected chi connectivity index (χ1v) is 15.0. The second-order valence-corrected chi connectivity index (χ2v) is 13.8. The van der Waals surface area contributed by atoms with Crippen LogP contribution in [0.3, 0.4) is 0 Å². The molecule has 7 nitrogen and oxygen atoms in total. The summed E-state index contributed by atoms with van der Waals surface area (Å²) in [5.41, 5.74) is 0. The third-order valence-corrected chi connectivity index (χ3v) is 11.1. The molecule has 37 heavy (non-hydrogen) atoms. The molecule has 4 heterocycles. The standard InChI is InChI=1S/C29H42N2O5S/c1-19(2)21(18-32)31-24-26(34)30(20-12-7-6-8-13-20)16-11-15-29(24)22(25(31)33)23-27(35)36-17-10-5-4-9-14-28(23,3)37-29/h9,11,14-15,19-24,32H,4-8,10,12-13,16-18H2,1-3H3/b14-9-/t21-,22-,23-,24?,28+,29-/m0/s1. The fourth-order valence-electron chi connectivity index (χ4n) is 7.45. The number of aliphatic hydroxyl groups is 1. The maximum absolute atomic E-state index is 14.6. The average molecular weight is 531 g/mol. The van der Waals surface area contributed by atoms with Gasteiger partial charge in [-0.3, -0.25) is 14.4 Å². The van der Waals surface area contributed by atoms with Gasteiger partial charge in [0.1, 0.15) is 6.04 Å². The molecule has 1 spiro atoms. The van der Waals surface area contributed by atoms with Gasteiger partial charge in [-0.1, -0.05) is 57.4 Å². The topological polar surface area (TPSA) is 87.2 Å². The van der Waals surface area contributed by atoms with Crippen LogP contribution in [0.25, 0.3) is 0 Å². The number of ether oxygens (including phenoxy) is 1. The Kier molecular flexibility index (Phi) is 7.53. The number of thioether (sulfide) groups is 1. The van der Waals surface area contributed by atoms with Crippen LogP contribution in [-0.4, -0.2) is 80.1 Å². The van der Waals surface area contributed by atoms with Crippen LogP contribution >= 0.6 is 11.8 Å². The summed E-state index contributed by atoms with van der Waals surface area (Å²) in [5.74, 6) is -2.05. The Labute approximate surface area is 225 Å². The number of rotatable bonds is 4. The van der Waals surface area contributed by atoms with Crippen LogP contribution in [0.5, 0.6) is 0 Å². The molecule has 2 saturated heterocycles. The number of fused-ring (bicyclic) bond motifs is 2. The summed E-state index contributed by atoms with van der Waals surface area (Å²) in [7, 11) is 0. The largest absolute Gasteiger partial charge is 0.465 e. The fraction of sp³-hybridized carbons (Fsp3) is 0.759. The van der Waals surface area contributed by atoms with Crippen LogP contribution in [0.4, 0.5) is 0 Å². The Morgan fingerprint density at radius 2 is 1.78 bits per heavy atom. The van der Waals surface area contributed by atoms with Crippen LogP contribution in [0, 0.1) is 17.8 Å². The molecule has 204 valence electrons. The molecule has 5 aliphatic rings. The van der Waals surface area contributed by atoms with Gasteiger partial charge in [0.25, 0.3) is 0 Å². The highest BCUT2D eigenvalue weighted by molar-refractivity contribution is 8.02. The lowest BCUT2D eigenvalue weighted by molar-refractivity contribution is -0.155. The molecule has 1 aliphatic carbocycles. The summed E-state index contributed by atoms with van der Waals surface area (Å²) < 4.78 is 4.19. The molecule has 0 aromatic rings. The smallest absolute Gasteiger partial charge is 0.311 e. The number of carbonyl (C=O) groups excluding carboxylic acids is 3. The fourth-order valence-corrected chi connectivity index (χ4v) is 9.59. The molecular formula is C29H42N2O5S. The van der Waals surface area contributed by atoms with Crippen molar-refractivity contribution in [3.05, 3.63) is 24.3 Å². The summed E-state index contributed by atoms with van der Waals surface area (Å²) in [5, 5.41) is 10.4. The number of nitrogens with zero attached hydrogens (tertiary/aromatic N) is 2. The molecule has 5 rings (SSSR count). The summed E-state index contributed by atoms with van der Waals surface area (Å²) in [4.78, 5) is 46.3. The number of hydrogen-bond donors (Lipinski definition) is 1. The Hall–Kier alpha value is -1.80. The van der Waals surface area contributed by atoms with Gasteiger partial charge in [-0.25, -0.2) is 0 Å². The van der Waals surface area contributed by atoms with Crippen LogP contribution in [0.15, 0.2) is 24.3 Å². The molecule has 2 amide bonds. The van der Waals surface area contributed by atoms with Crippen molar-refractivity contribution < 1.29 is 24.2 Å². The van der Waals surface area contributed by atoms with Gasteiger partial charge in [0.2, 0.25) is 11.8 Å². The van der Waals surface area contributed by atoms with Gasteiger partial charge in [0, 0.05) is 17.3 Å². The maximum atomic E-state index is 14.6. The summed E-state index contributed by atoms with van der Waals surface area (Å²) in [6.45, 7) is 6.62. The minimum Gasteiger partial charge on any atom is -0.465 e. The van der Waals surface area contributed by atoms with Crippen molar-refractivity contribution in [2.75, 3.05) is 19.8 Å². The first-order valence-electron chi connectivity index (χ1n) is 14.2. The molecule has 0 radical (unpaired) electrons. The molecule has 1 N–H and O–H groups in total. The van der Waals surface area contributed by atoms with E-state index in [0.717, 1.165) is 44.9 Å². The zero-order chi connectivity index (χ0) is 26.4. The number of amides is 2. The van der Waals surface area contributed by atoms with Crippen LogP contribution in [0.2, 0.25) is 0 Å². The van der Waals surface area contributed by atoms with E-state index in [1.54, 1.807) is 16.7 Å². The number of likely N-dealkylation sites (tertiary alicyclic amines) is 1. The highest BCUT2D eigenvalue weighted by Crippen LogP contribution is 2.65. The number of hydrogen-bond acceptors (Lipinski definition) is 6. The van der Waals surface area contributed by atoms with Gasteiger partial charge in [0.15, 0.2) is 0 Å². The lowest BCUT2D eigenvalue weighted by Gasteiger charge is -2.42. The monoisotopic (exact) mass is 530 g/mol. The second-order valence-electron chi connectivity index (χ2n) is 12.0. The van der Waals surface area contributed by atoms with Gasteiger partial charge in [-0.2, -0.15) is 0 Å². The summed E-state index contributed by atoms with van der Waals surface area (Å²) in [6.07, 6.45) is 16.3. The first-order chi connectivity index (χ1) is 17.7. The van der Waals surface area contributed by atoms with Gasteiger partial charge >= 0.3 is 5.97 Å². The van der Waals surface area contributed by atoms with Crippen molar-refractivity contribution in [1.82, 2.24) is 9.80 Å². The third-order valence-electron chi connectivity index (χ3n) is 9.30. The van der Waals surface area contributed by atoms with E-state index in [9.17, 15) is 19.5 Å². The number of carbonyl (C=O) groups is 3. The van der Waals surface area contributed by atoms with E-state index in [0.29, 0.717) is 13.2 Å². The lowest BCUT2D eigenvalue weighted by Crippen LogP contribution is -2.59. The van der Waals surface area contributed by atoms with Gasteiger partial charge < -0.3 is 19.6 Å². The zero-order valence-electron chi connectivity index (χ0n) is 22.4. The molecule has 1 saturated carbocycles. The SMILES string of the molecule is CC(C)[C@H](CO)N1C(=O)[C@@H]2[C@H]3C(=O)OCCCC/C=C\[C@@]3(C)S[C@@]23C=CCN(C2CCCCC2)C(=O)C13. The van der Waals surface area contributed by atoms with E-state index in [4.69, 9.17) is 4.74 Å². The van der Waals surface area contributed by atoms with Crippen LogP contribution < -0.4 is 0 Å². The second kappa shape index (κ2) is 10.4. The average Bonchev–Trinajstić information content (AvgIpc) is 3.20. The Bertz CT molecular complexity index is 975. The highest BCUT2D eigenvalue weighted by atomic mass is 32.2. The summed E-state index contributed by atoms with van der Waals surface area (Å²) in [6, 6.07) is -1.09. The van der Waals surface area contributed by atoms with E-state index < -0.39 is 33.4 Å². The summed E-state index contributed by atoms with van der Waals surface area (Å²) >= 11 is 1.59. The Morgan fingerprint density at radius 1 is 1.03 bits per heavy atom. The van der Waals surface area contributed by atoms with Crippen molar-refractivity contribution >= 4 is 29.5 Å². The maximum Gasteiger partial charge on any atom is 0.311 e. The normalized spacial score (nSPS) is 38.6. The Morgan fingerprint density at radius 3 is 2.49 bits per heavy atom. The van der Waals surface area contributed by atoms with E-state index in [1.165, 1.54) is 6.42 Å². The minimum absolute atomic E-state index is 0.0380. The predicted octanol–water partition coefficient (Wildman–Crippen LogP) is 3.71. The molecule has 4 aliphatic heterocycles. The molecule has 1 unspecified atom stereocenters. The minimum atomic E-state index is -0.892. The molecule has 8 heteroatoms. The van der Waals surface area contributed by atoms with Crippen molar-refractivity contribution in [3.63, 3.8) is 0 Å². The zero-order valence-corrected chi connectivity index (χ0v) is 23.3. The lowest BCUT2D eigenvalue weighted by atomic mass is 9.74. The predicted molar refractivity (Wildman–Crippen MR) is 144 cm³/mol. The van der Waals surface area contributed by atoms with Crippen molar-refractivity contribution in [2.24, 2.45) is 17.8 Å². The molecule has 0 aromatic heterocycles. The molecule has 3 fully saturated rings. The van der Waals surface area contributed by atoms with Crippen molar-refractivity contribution in [3.8, 4) is 0 Å². The van der Waals surface area contributed by atoms with Crippen LogP contribution in [0.1, 0.15) is 72.1 Å². The number of cyclic esters (lactones) is 1. The Balaban J connectivity index is 1.64. The molecule has 6 atom stereocenters. The van der Waals surface area contributed by atoms with Gasteiger partial charge in [-0.05, 0) is 44.9 Å².